The summed E-state index contributed by atoms with van der Waals surface area (Å²) in [7, 11) is 3.01. The van der Waals surface area contributed by atoms with Crippen molar-refractivity contribution in [1.82, 2.24) is 0 Å². The molecule has 39 heavy (non-hydrogen) atoms. The van der Waals surface area contributed by atoms with Gasteiger partial charge in [0.05, 0.1) is 13.2 Å². The third-order valence-corrected chi connectivity index (χ3v) is 6.50. The van der Waals surface area contributed by atoms with Crippen LogP contribution in [-0.4, -0.2) is 78.8 Å². The van der Waals surface area contributed by atoms with Crippen LogP contribution in [0.25, 0.3) is 6.08 Å². The summed E-state index contributed by atoms with van der Waals surface area (Å²) >= 11 is 0. The summed E-state index contributed by atoms with van der Waals surface area (Å²) in [6.07, 6.45) is -3.92. The molecule has 3 N–H and O–H groups in total. The Balaban J connectivity index is 2.06. The number of carbonyl (C=O) groups is 2. The van der Waals surface area contributed by atoms with Crippen molar-refractivity contribution in [3.63, 3.8) is 0 Å². The third-order valence-electron chi connectivity index (χ3n) is 6.50. The van der Waals surface area contributed by atoms with Gasteiger partial charge in [0.25, 0.3) is 0 Å². The molecule has 1 fully saturated rings. The fourth-order valence-electron chi connectivity index (χ4n) is 4.53. The maximum Gasteiger partial charge on any atom is 0.335 e. The Labute approximate surface area is 227 Å². The normalized spacial score (nSPS) is 24.1. The topological polar surface area (TPSA) is 141 Å². The number of aromatic hydroxyl groups is 1. The molecule has 10 heteroatoms. The van der Waals surface area contributed by atoms with E-state index in [1.807, 2.05) is 30.3 Å². The fourth-order valence-corrected chi connectivity index (χ4v) is 4.53. The van der Waals surface area contributed by atoms with Crippen LogP contribution < -0.4 is 4.74 Å². The van der Waals surface area contributed by atoms with E-state index in [4.69, 9.17) is 23.7 Å². The van der Waals surface area contributed by atoms with E-state index in [0.29, 0.717) is 25.0 Å². The average molecular weight is 545 g/mol. The Morgan fingerprint density at radius 2 is 1.77 bits per heavy atom. The summed E-state index contributed by atoms with van der Waals surface area (Å²) in [6, 6.07) is 14.0. The number of rotatable bonds is 11. The average Bonchev–Trinajstić information content (AvgIpc) is 2.91. The molecule has 2 aromatic rings. The largest absolute Gasteiger partial charge is 0.504 e. The molecule has 2 aromatic carbocycles. The Morgan fingerprint density at radius 3 is 2.41 bits per heavy atom. The van der Waals surface area contributed by atoms with Gasteiger partial charge in [0.2, 0.25) is 0 Å². The van der Waals surface area contributed by atoms with Gasteiger partial charge in [0, 0.05) is 32.1 Å². The van der Waals surface area contributed by atoms with Crippen molar-refractivity contribution >= 4 is 18.0 Å². The van der Waals surface area contributed by atoms with Gasteiger partial charge in [-0.1, -0.05) is 36.4 Å². The van der Waals surface area contributed by atoms with Crippen molar-refractivity contribution in [3.8, 4) is 11.5 Å². The van der Waals surface area contributed by atoms with Crippen molar-refractivity contribution in [1.29, 1.82) is 0 Å². The molecule has 3 rings (SSSR count). The van der Waals surface area contributed by atoms with Crippen molar-refractivity contribution < 1.29 is 48.6 Å². The summed E-state index contributed by atoms with van der Waals surface area (Å²) in [5, 5.41) is 31.3. The molecule has 0 unspecified atom stereocenters. The van der Waals surface area contributed by atoms with E-state index in [1.54, 1.807) is 25.3 Å². The molecule has 1 saturated heterocycles. The van der Waals surface area contributed by atoms with Crippen molar-refractivity contribution in [2.75, 3.05) is 20.8 Å². The maximum atomic E-state index is 13.9. The van der Waals surface area contributed by atoms with E-state index in [1.165, 1.54) is 20.1 Å². The fraction of sp³-hybridized carbons (Fsp3) is 0.448. The summed E-state index contributed by atoms with van der Waals surface area (Å²) < 4.78 is 26.8. The molecule has 212 valence electrons. The second-order valence-electron chi connectivity index (χ2n) is 9.30. The van der Waals surface area contributed by atoms with Gasteiger partial charge in [-0.25, -0.2) is 4.79 Å². The number of esters is 2. The molecule has 10 nitrogen and oxygen atoms in total. The minimum absolute atomic E-state index is 0.0618. The number of phenolic OH excluding ortho intramolecular Hbond substituents is 1. The number of ether oxygens (including phenoxy) is 5. The van der Waals surface area contributed by atoms with Crippen LogP contribution in [0.1, 0.15) is 43.7 Å². The molecule has 0 radical (unpaired) electrons. The van der Waals surface area contributed by atoms with Gasteiger partial charge in [-0.05, 0) is 49.1 Å². The SMILES string of the molecule is COCCC[C@H](/C(=C\c1ccc(O)c(OC)c1)C(=O)O[C@@H]1[C@H](OC(C)=O)[C@@H](O)[C@H](C)O[C@H]1O)c1ccccc1. The summed E-state index contributed by atoms with van der Waals surface area (Å²) in [4.78, 5) is 25.6. The number of benzene rings is 2. The van der Waals surface area contributed by atoms with Crippen LogP contribution in [0.4, 0.5) is 0 Å². The van der Waals surface area contributed by atoms with E-state index < -0.39 is 48.6 Å². The molecule has 0 amide bonds. The molecular formula is C29H36O10. The Morgan fingerprint density at radius 1 is 1.05 bits per heavy atom. The smallest absolute Gasteiger partial charge is 0.335 e. The Kier molecular flexibility index (Phi) is 10.9. The van der Waals surface area contributed by atoms with E-state index in [2.05, 4.69) is 0 Å². The van der Waals surface area contributed by atoms with E-state index in [0.717, 1.165) is 12.5 Å². The zero-order valence-corrected chi connectivity index (χ0v) is 22.5. The molecule has 0 aromatic heterocycles. The minimum atomic E-state index is -1.64. The first-order valence-electron chi connectivity index (χ1n) is 12.7. The van der Waals surface area contributed by atoms with E-state index in [-0.39, 0.29) is 17.1 Å². The second kappa shape index (κ2) is 14.1. The minimum Gasteiger partial charge on any atom is -0.504 e. The summed E-state index contributed by atoms with van der Waals surface area (Å²) in [5.41, 5.74) is 1.62. The molecule has 0 spiro atoms. The van der Waals surface area contributed by atoms with Gasteiger partial charge in [0.1, 0.15) is 6.10 Å². The Hall–Kier alpha value is -3.44. The lowest BCUT2D eigenvalue weighted by Crippen LogP contribution is -2.59. The number of aliphatic hydroxyl groups is 2. The van der Waals surface area contributed by atoms with Crippen LogP contribution in [-0.2, 0) is 28.5 Å². The van der Waals surface area contributed by atoms with Gasteiger partial charge in [-0.3, -0.25) is 4.79 Å². The van der Waals surface area contributed by atoms with E-state index >= 15 is 0 Å². The number of aliphatic hydroxyl groups excluding tert-OH is 2. The van der Waals surface area contributed by atoms with Crippen LogP contribution in [0.3, 0.4) is 0 Å². The molecule has 1 heterocycles. The van der Waals surface area contributed by atoms with Crippen molar-refractivity contribution in [2.45, 2.75) is 63.3 Å². The van der Waals surface area contributed by atoms with Gasteiger partial charge >= 0.3 is 11.9 Å². The quantitative estimate of drug-likeness (QED) is 0.220. The molecule has 0 saturated carbocycles. The van der Waals surface area contributed by atoms with E-state index in [9.17, 15) is 24.9 Å². The highest BCUT2D eigenvalue weighted by Gasteiger charge is 2.48. The predicted molar refractivity (Wildman–Crippen MR) is 141 cm³/mol. The highest BCUT2D eigenvalue weighted by molar-refractivity contribution is 5.95. The lowest BCUT2D eigenvalue weighted by molar-refractivity contribution is -0.285. The zero-order chi connectivity index (χ0) is 28.5. The molecule has 6 atom stereocenters. The predicted octanol–water partition coefficient (Wildman–Crippen LogP) is 2.94. The van der Waals surface area contributed by atoms with Gasteiger partial charge in [-0.15, -0.1) is 0 Å². The summed E-state index contributed by atoms with van der Waals surface area (Å²) in [6.45, 7) is 3.13. The van der Waals surface area contributed by atoms with Crippen LogP contribution in [0, 0.1) is 0 Å². The van der Waals surface area contributed by atoms with Gasteiger partial charge in [0.15, 0.2) is 30.0 Å². The first kappa shape index (κ1) is 30.1. The number of methoxy groups -OCH3 is 2. The highest BCUT2D eigenvalue weighted by atomic mass is 16.7. The van der Waals surface area contributed by atoms with Crippen LogP contribution >= 0.6 is 0 Å². The summed E-state index contributed by atoms with van der Waals surface area (Å²) in [5.74, 6) is -1.81. The first-order chi connectivity index (χ1) is 18.7. The number of hydrogen-bond acceptors (Lipinski definition) is 10. The first-order valence-corrected chi connectivity index (χ1v) is 12.7. The number of carbonyl (C=O) groups excluding carboxylic acids is 2. The van der Waals surface area contributed by atoms with Crippen molar-refractivity contribution in [3.05, 3.63) is 65.2 Å². The monoisotopic (exact) mass is 544 g/mol. The Bertz CT molecular complexity index is 1130. The standard InChI is InChI=1S/C29H36O10/c1-17-25(32)26(38-18(2)30)27(29(34)37-17)39-28(33)22(15-19-12-13-23(31)24(16-19)36-4)21(11-8-14-35-3)20-9-6-5-7-10-20/h5-7,9-10,12-13,15-17,21,25-27,29,31-32,34H,8,11,14H2,1-4H3/b22-15+/t17-,21-,25-,26+,27+,29+/m0/s1. The maximum absolute atomic E-state index is 13.9. The molecule has 0 bridgehead atoms. The molecule has 1 aliphatic heterocycles. The van der Waals surface area contributed by atoms with Gasteiger partial charge in [-0.2, -0.15) is 0 Å². The van der Waals surface area contributed by atoms with Gasteiger partial charge < -0.3 is 39.0 Å². The second-order valence-corrected chi connectivity index (χ2v) is 9.30. The lowest BCUT2D eigenvalue weighted by Gasteiger charge is -2.40. The molecular weight excluding hydrogens is 508 g/mol. The van der Waals surface area contributed by atoms with Crippen LogP contribution in [0.2, 0.25) is 0 Å². The van der Waals surface area contributed by atoms with Crippen LogP contribution in [0.5, 0.6) is 11.5 Å². The number of phenols is 1. The number of hydrogen-bond donors (Lipinski definition) is 3. The third kappa shape index (κ3) is 7.79. The van der Waals surface area contributed by atoms with Crippen molar-refractivity contribution in [2.24, 2.45) is 0 Å². The molecule has 1 aliphatic rings. The lowest BCUT2D eigenvalue weighted by atomic mass is 9.86. The van der Waals surface area contributed by atoms with Crippen LogP contribution in [0.15, 0.2) is 54.1 Å². The highest BCUT2D eigenvalue weighted by Crippen LogP contribution is 2.35. The zero-order valence-electron chi connectivity index (χ0n) is 22.5. The molecule has 0 aliphatic carbocycles.